The van der Waals surface area contributed by atoms with Gasteiger partial charge in [-0.2, -0.15) is 0 Å². The summed E-state index contributed by atoms with van der Waals surface area (Å²) in [6.07, 6.45) is 2.75. The maximum atomic E-state index is 6.01. The Labute approximate surface area is 131 Å². The molecule has 1 aromatic carbocycles. The lowest BCUT2D eigenvalue weighted by Gasteiger charge is -2.10. The molecule has 0 saturated carbocycles. The molecule has 0 bridgehead atoms. The predicted molar refractivity (Wildman–Crippen MR) is 91.1 cm³/mol. The Balaban J connectivity index is 2.02. The van der Waals surface area contributed by atoms with E-state index in [0.717, 1.165) is 25.3 Å². The summed E-state index contributed by atoms with van der Waals surface area (Å²) in [5, 5.41) is 3.36. The molecular formula is C18H23NOS. The van der Waals surface area contributed by atoms with E-state index in [0.29, 0.717) is 6.61 Å². The Morgan fingerprint density at radius 2 is 2.10 bits per heavy atom. The third-order valence-electron chi connectivity index (χ3n) is 3.34. The quantitative estimate of drug-likeness (QED) is 0.726. The van der Waals surface area contributed by atoms with Crippen molar-refractivity contribution in [3.63, 3.8) is 0 Å². The fraction of sp³-hybridized carbons (Fsp3) is 0.333. The maximum Gasteiger partial charge on any atom is 0.123 e. The number of thiophene rings is 1. The van der Waals surface area contributed by atoms with E-state index in [2.05, 4.69) is 37.9 Å². The summed E-state index contributed by atoms with van der Waals surface area (Å²) in [5.74, 6) is 0.955. The summed E-state index contributed by atoms with van der Waals surface area (Å²) in [6.45, 7) is 10.7. The molecule has 0 aliphatic carbocycles. The largest absolute Gasteiger partial charge is 0.489 e. The summed E-state index contributed by atoms with van der Waals surface area (Å²) in [5.41, 5.74) is 2.47. The van der Waals surface area contributed by atoms with Crippen LogP contribution in [0.25, 0.3) is 0 Å². The SMILES string of the molecule is C=CCc1ccccc1OCc1cc(CNCC)sc1C. The van der Waals surface area contributed by atoms with E-state index < -0.39 is 0 Å². The van der Waals surface area contributed by atoms with Gasteiger partial charge < -0.3 is 10.1 Å². The standard InChI is InChI=1S/C18H23NOS/c1-4-8-15-9-6-7-10-18(15)20-13-16-11-17(12-19-5-2)21-14(16)3/h4,6-7,9-11,19H,1,5,8,12-13H2,2-3H3. The molecule has 0 radical (unpaired) electrons. The molecule has 0 spiro atoms. The van der Waals surface area contributed by atoms with Crippen LogP contribution in [-0.4, -0.2) is 6.54 Å². The second-order valence-electron chi connectivity index (χ2n) is 4.96. The molecule has 0 aliphatic rings. The Morgan fingerprint density at radius 3 is 2.86 bits per heavy atom. The molecule has 0 saturated heterocycles. The number of benzene rings is 1. The molecule has 0 fully saturated rings. The van der Waals surface area contributed by atoms with Gasteiger partial charge in [-0.15, -0.1) is 17.9 Å². The number of nitrogens with one attached hydrogen (secondary N) is 1. The number of aryl methyl sites for hydroxylation is 1. The van der Waals surface area contributed by atoms with Crippen molar-refractivity contribution in [3.05, 3.63) is 63.9 Å². The van der Waals surface area contributed by atoms with Gasteiger partial charge in [0, 0.05) is 21.9 Å². The Hall–Kier alpha value is -1.58. The number of ether oxygens (including phenoxy) is 1. The van der Waals surface area contributed by atoms with Crippen molar-refractivity contribution in [3.8, 4) is 5.75 Å². The number of hydrogen-bond donors (Lipinski definition) is 1. The summed E-state index contributed by atoms with van der Waals surface area (Å²) >= 11 is 1.85. The number of rotatable bonds is 8. The molecule has 3 heteroatoms. The monoisotopic (exact) mass is 301 g/mol. The van der Waals surface area contributed by atoms with Crippen LogP contribution >= 0.6 is 11.3 Å². The first-order valence-electron chi connectivity index (χ1n) is 7.35. The van der Waals surface area contributed by atoms with Gasteiger partial charge in [0.15, 0.2) is 0 Å². The average Bonchev–Trinajstić information content (AvgIpc) is 2.85. The minimum atomic E-state index is 0.628. The lowest BCUT2D eigenvalue weighted by atomic mass is 10.1. The van der Waals surface area contributed by atoms with Gasteiger partial charge in [0.2, 0.25) is 0 Å². The van der Waals surface area contributed by atoms with Crippen molar-refractivity contribution in [1.82, 2.24) is 5.32 Å². The highest BCUT2D eigenvalue weighted by Crippen LogP contribution is 2.25. The lowest BCUT2D eigenvalue weighted by Crippen LogP contribution is -2.10. The summed E-state index contributed by atoms with van der Waals surface area (Å²) in [6, 6.07) is 10.4. The average molecular weight is 301 g/mol. The highest BCUT2D eigenvalue weighted by molar-refractivity contribution is 7.12. The van der Waals surface area contributed by atoms with Crippen LogP contribution in [0.5, 0.6) is 5.75 Å². The maximum absolute atomic E-state index is 6.01. The molecule has 1 heterocycles. The molecule has 21 heavy (non-hydrogen) atoms. The Bertz CT molecular complexity index is 589. The van der Waals surface area contributed by atoms with Crippen molar-refractivity contribution < 1.29 is 4.74 Å². The zero-order chi connectivity index (χ0) is 15.1. The normalized spacial score (nSPS) is 10.6. The second-order valence-corrected chi connectivity index (χ2v) is 6.30. The summed E-state index contributed by atoms with van der Waals surface area (Å²) < 4.78 is 6.01. The van der Waals surface area contributed by atoms with Crippen molar-refractivity contribution in [2.75, 3.05) is 6.54 Å². The van der Waals surface area contributed by atoms with Gasteiger partial charge in [-0.25, -0.2) is 0 Å². The van der Waals surface area contributed by atoms with Gasteiger partial charge in [0.1, 0.15) is 12.4 Å². The molecule has 112 valence electrons. The van der Waals surface area contributed by atoms with Crippen molar-refractivity contribution in [2.24, 2.45) is 0 Å². The molecule has 0 unspecified atom stereocenters. The van der Waals surface area contributed by atoms with Gasteiger partial charge in [-0.1, -0.05) is 31.2 Å². The van der Waals surface area contributed by atoms with Crippen LogP contribution in [0.15, 0.2) is 43.0 Å². The zero-order valence-corrected chi connectivity index (χ0v) is 13.6. The molecule has 0 aliphatic heterocycles. The molecule has 1 N–H and O–H groups in total. The van der Waals surface area contributed by atoms with Gasteiger partial charge in [0.25, 0.3) is 0 Å². The van der Waals surface area contributed by atoms with Gasteiger partial charge in [0.05, 0.1) is 0 Å². The van der Waals surface area contributed by atoms with E-state index in [1.807, 2.05) is 35.6 Å². The van der Waals surface area contributed by atoms with E-state index in [1.54, 1.807) is 0 Å². The molecule has 2 aromatic rings. The number of hydrogen-bond acceptors (Lipinski definition) is 3. The summed E-state index contributed by atoms with van der Waals surface area (Å²) in [7, 11) is 0. The first kappa shape index (κ1) is 15.8. The third kappa shape index (κ3) is 4.45. The van der Waals surface area contributed by atoms with Crippen LogP contribution in [0, 0.1) is 6.92 Å². The fourth-order valence-corrected chi connectivity index (χ4v) is 3.21. The van der Waals surface area contributed by atoms with Crippen molar-refractivity contribution >= 4 is 11.3 Å². The molecule has 1 aromatic heterocycles. The Morgan fingerprint density at radius 1 is 1.29 bits per heavy atom. The molecule has 0 atom stereocenters. The molecular weight excluding hydrogens is 278 g/mol. The van der Waals surface area contributed by atoms with Gasteiger partial charge >= 0.3 is 0 Å². The van der Waals surface area contributed by atoms with E-state index >= 15 is 0 Å². The highest BCUT2D eigenvalue weighted by atomic mass is 32.1. The van der Waals surface area contributed by atoms with Crippen LogP contribution in [0.2, 0.25) is 0 Å². The Kier molecular flexibility index (Phi) is 6.03. The second kappa shape index (κ2) is 8.01. The van der Waals surface area contributed by atoms with Crippen LogP contribution < -0.4 is 10.1 Å². The first-order chi connectivity index (χ1) is 10.2. The number of allylic oxidation sites excluding steroid dienone is 1. The third-order valence-corrected chi connectivity index (χ3v) is 4.43. The molecule has 0 amide bonds. The smallest absolute Gasteiger partial charge is 0.123 e. The molecule has 2 nitrogen and oxygen atoms in total. The van der Waals surface area contributed by atoms with Gasteiger partial charge in [-0.3, -0.25) is 0 Å². The van der Waals surface area contributed by atoms with E-state index in [1.165, 1.54) is 20.9 Å². The predicted octanol–water partition coefficient (Wildman–Crippen LogP) is 4.47. The van der Waals surface area contributed by atoms with E-state index in [-0.39, 0.29) is 0 Å². The lowest BCUT2D eigenvalue weighted by molar-refractivity contribution is 0.303. The minimum absolute atomic E-state index is 0.628. The topological polar surface area (TPSA) is 21.3 Å². The van der Waals surface area contributed by atoms with Crippen molar-refractivity contribution in [1.29, 1.82) is 0 Å². The first-order valence-corrected chi connectivity index (χ1v) is 8.16. The van der Waals surface area contributed by atoms with Crippen LogP contribution in [0.3, 0.4) is 0 Å². The van der Waals surface area contributed by atoms with Crippen LogP contribution in [0.4, 0.5) is 0 Å². The summed E-state index contributed by atoms with van der Waals surface area (Å²) in [4.78, 5) is 2.71. The zero-order valence-electron chi connectivity index (χ0n) is 12.8. The fourth-order valence-electron chi connectivity index (χ4n) is 2.19. The van der Waals surface area contributed by atoms with Crippen LogP contribution in [0.1, 0.15) is 27.8 Å². The van der Waals surface area contributed by atoms with E-state index in [9.17, 15) is 0 Å². The highest BCUT2D eigenvalue weighted by Gasteiger charge is 2.07. The number of para-hydroxylation sites is 1. The van der Waals surface area contributed by atoms with Gasteiger partial charge in [-0.05, 0) is 37.6 Å². The van der Waals surface area contributed by atoms with Crippen molar-refractivity contribution in [2.45, 2.75) is 33.4 Å². The van der Waals surface area contributed by atoms with E-state index in [4.69, 9.17) is 4.74 Å². The minimum Gasteiger partial charge on any atom is -0.489 e. The van der Waals surface area contributed by atoms with Crippen LogP contribution in [-0.2, 0) is 19.6 Å². The molecule has 2 rings (SSSR count).